The van der Waals surface area contributed by atoms with Gasteiger partial charge in [0.05, 0.1) is 41.9 Å². The molecule has 7 heteroatoms. The Balaban J connectivity index is 1.92. The first-order valence-corrected chi connectivity index (χ1v) is 11.2. The molecule has 0 aliphatic carbocycles. The zero-order valence-corrected chi connectivity index (χ0v) is 20.0. The molecular weight excluding hydrogens is 418 g/mol. The van der Waals surface area contributed by atoms with Gasteiger partial charge in [0.1, 0.15) is 0 Å². The first-order valence-electron chi connectivity index (χ1n) is 11.2. The number of aryl methyl sites for hydroxylation is 1. The maximum Gasteiger partial charge on any atom is 0.329 e. The average Bonchev–Trinajstić information content (AvgIpc) is 3.36. The first-order chi connectivity index (χ1) is 15.7. The fourth-order valence-corrected chi connectivity index (χ4v) is 5.02. The van der Waals surface area contributed by atoms with Crippen molar-refractivity contribution in [2.45, 2.75) is 45.7 Å². The van der Waals surface area contributed by atoms with E-state index in [1.165, 1.54) is 7.11 Å². The Bertz CT molecular complexity index is 1280. The van der Waals surface area contributed by atoms with Gasteiger partial charge >= 0.3 is 11.7 Å². The summed E-state index contributed by atoms with van der Waals surface area (Å²) in [4.78, 5) is 31.3. The lowest BCUT2D eigenvalue weighted by Gasteiger charge is -2.32. The zero-order chi connectivity index (χ0) is 23.9. The third-order valence-corrected chi connectivity index (χ3v) is 6.93. The summed E-state index contributed by atoms with van der Waals surface area (Å²) in [5, 5.41) is 0. The van der Waals surface area contributed by atoms with E-state index in [9.17, 15) is 9.59 Å². The van der Waals surface area contributed by atoms with Gasteiger partial charge in [-0.05, 0) is 57.0 Å². The maximum absolute atomic E-state index is 14.0. The Hall–Kier alpha value is -3.19. The molecule has 0 N–H and O–H groups in total. The van der Waals surface area contributed by atoms with E-state index in [0.717, 1.165) is 27.8 Å². The molecule has 0 radical (unpaired) electrons. The van der Waals surface area contributed by atoms with Gasteiger partial charge in [0.25, 0.3) is 0 Å². The molecule has 3 aromatic rings. The smallest absolute Gasteiger partial charge is 0.329 e. The van der Waals surface area contributed by atoms with Crippen molar-refractivity contribution in [1.82, 2.24) is 9.13 Å². The molecule has 0 amide bonds. The second kappa shape index (κ2) is 8.63. The van der Waals surface area contributed by atoms with Crippen LogP contribution in [0, 0.1) is 12.3 Å². The summed E-state index contributed by atoms with van der Waals surface area (Å²) >= 11 is 0. The molecule has 1 aromatic heterocycles. The van der Waals surface area contributed by atoms with Crippen LogP contribution in [0.5, 0.6) is 0 Å². The monoisotopic (exact) mass is 449 g/mol. The number of para-hydroxylation sites is 2. The minimum absolute atomic E-state index is 0.0346. The van der Waals surface area contributed by atoms with E-state index in [1.54, 1.807) is 25.5 Å². The molecule has 0 saturated heterocycles. The normalized spacial score (nSPS) is 17.2. The molecule has 2 heterocycles. The van der Waals surface area contributed by atoms with Gasteiger partial charge < -0.3 is 9.47 Å². The van der Waals surface area contributed by atoms with E-state index in [4.69, 9.17) is 9.47 Å². The van der Waals surface area contributed by atoms with Crippen molar-refractivity contribution in [1.29, 1.82) is 0 Å². The number of carbonyl (C=O) groups excluding carboxylic acids is 1. The number of fused-ring (bicyclic) bond motifs is 2. The lowest BCUT2D eigenvalue weighted by Crippen LogP contribution is -2.43. The van der Waals surface area contributed by atoms with Crippen LogP contribution in [-0.4, -0.2) is 42.1 Å². The van der Waals surface area contributed by atoms with Crippen molar-refractivity contribution in [3.63, 3.8) is 0 Å². The average molecular weight is 450 g/mol. The van der Waals surface area contributed by atoms with Crippen LogP contribution in [-0.2, 0) is 14.3 Å². The molecule has 0 saturated carbocycles. The first kappa shape index (κ1) is 23.0. The van der Waals surface area contributed by atoms with Crippen molar-refractivity contribution < 1.29 is 14.3 Å². The molecular formula is C26H31N3O4. The topological polar surface area (TPSA) is 74.8 Å². The highest BCUT2D eigenvalue weighted by atomic mass is 16.5. The van der Waals surface area contributed by atoms with E-state index >= 15 is 0 Å². The van der Waals surface area contributed by atoms with Crippen molar-refractivity contribution in [2.75, 3.05) is 20.8 Å². The molecule has 3 unspecified atom stereocenters. The third-order valence-electron chi connectivity index (χ3n) is 6.93. The van der Waals surface area contributed by atoms with Crippen LogP contribution in [0.1, 0.15) is 49.9 Å². The van der Waals surface area contributed by atoms with Crippen LogP contribution in [0.15, 0.2) is 52.3 Å². The highest BCUT2D eigenvalue weighted by Crippen LogP contribution is 2.41. The quantitative estimate of drug-likeness (QED) is 0.496. The fourth-order valence-electron chi connectivity index (χ4n) is 5.02. The molecule has 7 nitrogen and oxygen atoms in total. The Morgan fingerprint density at radius 3 is 2.39 bits per heavy atom. The number of benzene rings is 2. The molecule has 0 bridgehead atoms. The SMILES string of the molecule is COCC(n1c(=O)n(C(C)C2C=Nc3cccc(C)c32)c2ccccc21)C(C)(C)C(=O)OC. The molecule has 0 spiro atoms. The predicted octanol–water partition coefficient (Wildman–Crippen LogP) is 4.56. The number of hydrogen-bond acceptors (Lipinski definition) is 5. The Morgan fingerprint density at radius 2 is 1.76 bits per heavy atom. The van der Waals surface area contributed by atoms with Crippen LogP contribution in [0.3, 0.4) is 0 Å². The molecule has 174 valence electrons. The summed E-state index contributed by atoms with van der Waals surface area (Å²) in [5.41, 5.74) is 3.66. The third kappa shape index (κ3) is 3.60. The van der Waals surface area contributed by atoms with Gasteiger partial charge in [-0.1, -0.05) is 24.3 Å². The molecule has 2 aromatic carbocycles. The van der Waals surface area contributed by atoms with Gasteiger partial charge in [-0.3, -0.25) is 18.9 Å². The van der Waals surface area contributed by atoms with Gasteiger partial charge in [0.15, 0.2) is 0 Å². The summed E-state index contributed by atoms with van der Waals surface area (Å²) in [6, 6.07) is 13.0. The van der Waals surface area contributed by atoms with Crippen molar-refractivity contribution in [3.8, 4) is 0 Å². The van der Waals surface area contributed by atoms with Gasteiger partial charge in [-0.25, -0.2) is 4.79 Å². The second-order valence-corrected chi connectivity index (χ2v) is 9.25. The maximum atomic E-state index is 14.0. The molecule has 1 aliphatic heterocycles. The van der Waals surface area contributed by atoms with Gasteiger partial charge in [-0.2, -0.15) is 0 Å². The number of aromatic nitrogens is 2. The number of aliphatic imine (C=N–C) groups is 1. The molecule has 4 rings (SSSR count). The molecule has 3 atom stereocenters. The Morgan fingerprint density at radius 1 is 1.09 bits per heavy atom. The van der Waals surface area contributed by atoms with Gasteiger partial charge in [-0.15, -0.1) is 0 Å². The second-order valence-electron chi connectivity index (χ2n) is 9.25. The standard InChI is InChI=1S/C26H31N3O4/c1-16-10-9-11-19-23(16)18(14-27-19)17(2)28-20-12-7-8-13-21(20)29(25(28)31)22(15-32-5)26(3,4)24(30)33-6/h7-14,17-18,22H,15H2,1-6H3. The largest absolute Gasteiger partial charge is 0.469 e. The summed E-state index contributed by atoms with van der Waals surface area (Å²) < 4.78 is 14.1. The summed E-state index contributed by atoms with van der Waals surface area (Å²) in [6.07, 6.45) is 1.94. The predicted molar refractivity (Wildman–Crippen MR) is 130 cm³/mol. The van der Waals surface area contributed by atoms with Gasteiger partial charge in [0, 0.05) is 25.3 Å². The number of methoxy groups -OCH3 is 2. The summed E-state index contributed by atoms with van der Waals surface area (Å²) in [7, 11) is 2.93. The fraction of sp³-hybridized carbons (Fsp3) is 0.423. The Labute approximate surface area is 193 Å². The minimum atomic E-state index is -0.981. The molecule has 33 heavy (non-hydrogen) atoms. The summed E-state index contributed by atoms with van der Waals surface area (Å²) in [6.45, 7) is 7.89. The van der Waals surface area contributed by atoms with Gasteiger partial charge in [0.2, 0.25) is 0 Å². The number of carbonyl (C=O) groups is 1. The molecule has 0 fully saturated rings. The lowest BCUT2D eigenvalue weighted by molar-refractivity contribution is -0.154. The number of esters is 1. The Kier molecular flexibility index (Phi) is 6.01. The minimum Gasteiger partial charge on any atom is -0.469 e. The zero-order valence-electron chi connectivity index (χ0n) is 20.0. The van der Waals surface area contributed by atoms with E-state index < -0.39 is 17.4 Å². The van der Waals surface area contributed by atoms with E-state index in [-0.39, 0.29) is 24.3 Å². The number of ether oxygens (including phenoxy) is 2. The number of hydrogen-bond donors (Lipinski definition) is 0. The van der Waals surface area contributed by atoms with Crippen molar-refractivity contribution in [3.05, 3.63) is 64.1 Å². The van der Waals surface area contributed by atoms with E-state index in [2.05, 4.69) is 18.0 Å². The summed E-state index contributed by atoms with van der Waals surface area (Å²) in [5.74, 6) is -0.429. The number of rotatable bonds is 7. The van der Waals surface area contributed by atoms with Crippen molar-refractivity contribution >= 4 is 28.9 Å². The van der Waals surface area contributed by atoms with E-state index in [1.807, 2.05) is 54.1 Å². The lowest BCUT2D eigenvalue weighted by atomic mass is 9.84. The highest BCUT2D eigenvalue weighted by molar-refractivity contribution is 5.83. The number of imidazole rings is 1. The van der Waals surface area contributed by atoms with E-state index in [0.29, 0.717) is 0 Å². The van der Waals surface area contributed by atoms with Crippen LogP contribution in [0.2, 0.25) is 0 Å². The highest BCUT2D eigenvalue weighted by Gasteiger charge is 2.42. The number of nitrogens with zero attached hydrogens (tertiary/aromatic N) is 3. The molecule has 1 aliphatic rings. The van der Waals surface area contributed by atoms with Crippen LogP contribution < -0.4 is 5.69 Å². The van der Waals surface area contributed by atoms with Crippen LogP contribution in [0.25, 0.3) is 11.0 Å². The van der Waals surface area contributed by atoms with Crippen LogP contribution >= 0.6 is 0 Å². The van der Waals surface area contributed by atoms with Crippen LogP contribution in [0.4, 0.5) is 5.69 Å². The van der Waals surface area contributed by atoms with Crippen molar-refractivity contribution in [2.24, 2.45) is 10.4 Å².